The van der Waals surface area contributed by atoms with E-state index in [2.05, 4.69) is 24.8 Å². The number of nitrogens with zero attached hydrogens (tertiary/aromatic N) is 1. The highest BCUT2D eigenvalue weighted by Gasteiger charge is 2.19. The molecule has 1 saturated heterocycles. The van der Waals surface area contributed by atoms with Gasteiger partial charge < -0.3 is 10.0 Å². The van der Waals surface area contributed by atoms with E-state index < -0.39 is 0 Å². The Balaban J connectivity index is 2.04. The maximum absolute atomic E-state index is 9.54. The molecule has 0 saturated carbocycles. The van der Waals surface area contributed by atoms with Gasteiger partial charge in [0.25, 0.3) is 0 Å². The number of aromatic hydroxyl groups is 1. The van der Waals surface area contributed by atoms with Crippen LogP contribution in [0.25, 0.3) is 0 Å². The maximum Gasteiger partial charge on any atom is 0.115 e. The van der Waals surface area contributed by atoms with Gasteiger partial charge in [-0.25, -0.2) is 0 Å². The number of benzene rings is 1. The van der Waals surface area contributed by atoms with Crippen molar-refractivity contribution in [2.45, 2.75) is 45.1 Å². The van der Waals surface area contributed by atoms with Crippen molar-refractivity contribution in [3.8, 4) is 5.75 Å². The fraction of sp³-hybridized carbons (Fsp3) is 0.600. The number of phenols is 1. The Morgan fingerprint density at radius 1 is 1.24 bits per heavy atom. The molecule has 1 aromatic carbocycles. The topological polar surface area (TPSA) is 23.5 Å². The molecule has 1 heterocycles. The first-order valence-corrected chi connectivity index (χ1v) is 6.70. The van der Waals surface area contributed by atoms with E-state index in [1.165, 1.54) is 37.9 Å². The zero-order chi connectivity index (χ0) is 12.3. The van der Waals surface area contributed by atoms with Gasteiger partial charge >= 0.3 is 0 Å². The summed E-state index contributed by atoms with van der Waals surface area (Å²) in [6.45, 7) is 6.94. The zero-order valence-corrected chi connectivity index (χ0v) is 10.9. The summed E-state index contributed by atoms with van der Waals surface area (Å²) >= 11 is 0. The highest BCUT2D eigenvalue weighted by atomic mass is 16.3. The number of phenolic OH excluding ortho intramolecular Hbond substituents is 1. The molecule has 2 heteroatoms. The molecule has 94 valence electrons. The lowest BCUT2D eigenvalue weighted by atomic mass is 9.92. The highest BCUT2D eigenvalue weighted by Crippen LogP contribution is 2.30. The summed E-state index contributed by atoms with van der Waals surface area (Å²) in [5.74, 6) is 1.01. The number of likely N-dealkylation sites (tertiary alicyclic amines) is 1. The van der Waals surface area contributed by atoms with Crippen LogP contribution in [0.4, 0.5) is 0 Å². The third kappa shape index (κ3) is 3.22. The lowest BCUT2D eigenvalue weighted by molar-refractivity contribution is 0.230. The third-order valence-corrected chi connectivity index (χ3v) is 3.83. The van der Waals surface area contributed by atoms with Crippen LogP contribution in [0.2, 0.25) is 0 Å². The van der Waals surface area contributed by atoms with Gasteiger partial charge in [0, 0.05) is 6.04 Å². The van der Waals surface area contributed by atoms with Gasteiger partial charge in [0.2, 0.25) is 0 Å². The molecule has 1 aliphatic rings. The number of hydrogen-bond acceptors (Lipinski definition) is 2. The molecule has 0 aliphatic carbocycles. The maximum atomic E-state index is 9.54. The van der Waals surface area contributed by atoms with Crippen molar-refractivity contribution in [2.75, 3.05) is 13.1 Å². The summed E-state index contributed by atoms with van der Waals surface area (Å²) in [5, 5.41) is 9.54. The number of hydrogen-bond donors (Lipinski definition) is 1. The van der Waals surface area contributed by atoms with Crippen molar-refractivity contribution in [3.63, 3.8) is 0 Å². The third-order valence-electron chi connectivity index (χ3n) is 3.83. The highest BCUT2D eigenvalue weighted by molar-refractivity contribution is 5.29. The Labute approximate surface area is 104 Å². The predicted octanol–water partition coefficient (Wildman–Crippen LogP) is 3.37. The molecule has 2 rings (SSSR count). The first-order chi connectivity index (χ1) is 8.16. The second-order valence-corrected chi connectivity index (χ2v) is 5.35. The van der Waals surface area contributed by atoms with E-state index in [9.17, 15) is 5.11 Å². The largest absolute Gasteiger partial charge is 0.508 e. The fourth-order valence-electron chi connectivity index (χ4n) is 2.75. The first-order valence-electron chi connectivity index (χ1n) is 6.70. The van der Waals surface area contributed by atoms with Gasteiger partial charge in [0.15, 0.2) is 0 Å². The quantitative estimate of drug-likeness (QED) is 0.846. The molecule has 0 amide bonds. The van der Waals surface area contributed by atoms with E-state index in [0.717, 1.165) is 0 Å². The predicted molar refractivity (Wildman–Crippen MR) is 71.4 cm³/mol. The van der Waals surface area contributed by atoms with Crippen LogP contribution < -0.4 is 0 Å². The summed E-state index contributed by atoms with van der Waals surface area (Å²) in [6.07, 6.45) is 3.72. The van der Waals surface area contributed by atoms with Gasteiger partial charge in [0.1, 0.15) is 5.75 Å². The molecule has 0 radical (unpaired) electrons. The molecule has 1 unspecified atom stereocenters. The van der Waals surface area contributed by atoms with Crippen LogP contribution in [0.5, 0.6) is 5.75 Å². The Kier molecular flexibility index (Phi) is 4.06. The molecule has 2 nitrogen and oxygen atoms in total. The Morgan fingerprint density at radius 3 is 2.76 bits per heavy atom. The van der Waals surface area contributed by atoms with E-state index in [0.29, 0.717) is 17.7 Å². The van der Waals surface area contributed by atoms with Crippen molar-refractivity contribution in [1.82, 2.24) is 4.90 Å². The van der Waals surface area contributed by atoms with Crippen molar-refractivity contribution in [2.24, 2.45) is 0 Å². The van der Waals surface area contributed by atoms with Crippen LogP contribution in [-0.4, -0.2) is 29.1 Å². The summed E-state index contributed by atoms with van der Waals surface area (Å²) in [6, 6.07) is 8.43. The summed E-state index contributed by atoms with van der Waals surface area (Å²) < 4.78 is 0. The summed E-state index contributed by atoms with van der Waals surface area (Å²) in [4.78, 5) is 2.56. The first kappa shape index (κ1) is 12.4. The molecule has 1 N–H and O–H groups in total. The van der Waals surface area contributed by atoms with Crippen LogP contribution in [0.1, 0.15) is 44.6 Å². The molecular formula is C15H23NO. The van der Waals surface area contributed by atoms with Crippen LogP contribution in [0, 0.1) is 0 Å². The molecule has 1 aromatic rings. The van der Waals surface area contributed by atoms with E-state index in [1.807, 2.05) is 12.1 Å². The van der Waals surface area contributed by atoms with Crippen LogP contribution in [0.3, 0.4) is 0 Å². The normalized spacial score (nSPS) is 22.6. The Hall–Kier alpha value is -1.02. The Morgan fingerprint density at radius 2 is 2.06 bits per heavy atom. The molecule has 1 atom stereocenters. The SMILES string of the molecule is CC(C)N1CCCC(c2cccc(O)c2)CC1. The molecule has 1 fully saturated rings. The minimum absolute atomic E-state index is 0.396. The lowest BCUT2D eigenvalue weighted by Gasteiger charge is -2.24. The van der Waals surface area contributed by atoms with Crippen molar-refractivity contribution in [1.29, 1.82) is 0 Å². The van der Waals surface area contributed by atoms with Gasteiger partial charge in [-0.15, -0.1) is 0 Å². The average Bonchev–Trinajstić information content (AvgIpc) is 2.54. The van der Waals surface area contributed by atoms with E-state index in [-0.39, 0.29) is 0 Å². The average molecular weight is 233 g/mol. The van der Waals surface area contributed by atoms with Crippen LogP contribution in [0.15, 0.2) is 24.3 Å². The Bertz CT molecular complexity index is 362. The summed E-state index contributed by atoms with van der Waals surface area (Å²) in [5.41, 5.74) is 1.30. The minimum atomic E-state index is 0.396. The molecule has 0 spiro atoms. The monoisotopic (exact) mass is 233 g/mol. The van der Waals surface area contributed by atoms with Crippen molar-refractivity contribution in [3.05, 3.63) is 29.8 Å². The second kappa shape index (κ2) is 5.54. The standard InChI is InChI=1S/C15H23NO/c1-12(2)16-9-4-6-13(8-10-16)14-5-3-7-15(17)11-14/h3,5,7,11-13,17H,4,6,8-10H2,1-2H3. The van der Waals surface area contributed by atoms with Crippen molar-refractivity contribution < 1.29 is 5.11 Å². The van der Waals surface area contributed by atoms with Crippen LogP contribution >= 0.6 is 0 Å². The van der Waals surface area contributed by atoms with E-state index in [1.54, 1.807) is 6.07 Å². The summed E-state index contributed by atoms with van der Waals surface area (Å²) in [7, 11) is 0. The molecule has 0 aromatic heterocycles. The number of rotatable bonds is 2. The van der Waals surface area contributed by atoms with Gasteiger partial charge in [-0.2, -0.15) is 0 Å². The smallest absolute Gasteiger partial charge is 0.115 e. The van der Waals surface area contributed by atoms with Crippen LogP contribution in [-0.2, 0) is 0 Å². The minimum Gasteiger partial charge on any atom is -0.508 e. The van der Waals surface area contributed by atoms with Crippen molar-refractivity contribution >= 4 is 0 Å². The van der Waals surface area contributed by atoms with E-state index in [4.69, 9.17) is 0 Å². The second-order valence-electron chi connectivity index (χ2n) is 5.35. The van der Waals surface area contributed by atoms with Gasteiger partial charge in [-0.05, 0) is 69.8 Å². The molecule has 0 bridgehead atoms. The van der Waals surface area contributed by atoms with Gasteiger partial charge in [0.05, 0.1) is 0 Å². The molecular weight excluding hydrogens is 210 g/mol. The fourth-order valence-corrected chi connectivity index (χ4v) is 2.75. The van der Waals surface area contributed by atoms with Gasteiger partial charge in [-0.3, -0.25) is 0 Å². The lowest BCUT2D eigenvalue weighted by Crippen LogP contribution is -2.31. The van der Waals surface area contributed by atoms with Gasteiger partial charge in [-0.1, -0.05) is 12.1 Å². The van der Waals surface area contributed by atoms with E-state index >= 15 is 0 Å². The zero-order valence-electron chi connectivity index (χ0n) is 10.9. The molecule has 17 heavy (non-hydrogen) atoms. The molecule has 1 aliphatic heterocycles.